The Morgan fingerprint density at radius 2 is 1.73 bits per heavy atom. The first-order valence-electron chi connectivity index (χ1n) is 8.93. The molecule has 0 heterocycles. The highest BCUT2D eigenvalue weighted by atomic mass is 32.2. The number of ketones is 1. The SMILES string of the molecule is COc1ccc([N+](=O)[O-])cc1NC(=O)c1cccc(SCC(=O)c2ccccc2)c1. The first kappa shape index (κ1) is 21.1. The van der Waals surface area contributed by atoms with Crippen molar-refractivity contribution in [1.82, 2.24) is 0 Å². The highest BCUT2D eigenvalue weighted by Crippen LogP contribution is 2.29. The number of carbonyl (C=O) groups is 2. The number of amides is 1. The number of nitrogens with one attached hydrogen (secondary N) is 1. The van der Waals surface area contributed by atoms with Gasteiger partial charge in [0.1, 0.15) is 5.75 Å². The van der Waals surface area contributed by atoms with Gasteiger partial charge in [0.15, 0.2) is 5.78 Å². The van der Waals surface area contributed by atoms with E-state index in [2.05, 4.69) is 5.32 Å². The van der Waals surface area contributed by atoms with Crippen molar-refractivity contribution < 1.29 is 19.2 Å². The van der Waals surface area contributed by atoms with E-state index in [9.17, 15) is 19.7 Å². The van der Waals surface area contributed by atoms with Crippen molar-refractivity contribution in [2.75, 3.05) is 18.2 Å². The summed E-state index contributed by atoms with van der Waals surface area (Å²) in [6, 6.07) is 19.8. The normalized spacial score (nSPS) is 10.3. The summed E-state index contributed by atoms with van der Waals surface area (Å²) in [7, 11) is 1.41. The molecule has 0 spiro atoms. The van der Waals surface area contributed by atoms with Gasteiger partial charge in [0.05, 0.1) is 23.5 Å². The van der Waals surface area contributed by atoms with E-state index in [4.69, 9.17) is 4.74 Å². The number of rotatable bonds is 8. The fourth-order valence-electron chi connectivity index (χ4n) is 2.69. The number of thioether (sulfide) groups is 1. The number of hydrogen-bond donors (Lipinski definition) is 1. The molecule has 0 aliphatic heterocycles. The lowest BCUT2D eigenvalue weighted by molar-refractivity contribution is -0.384. The second kappa shape index (κ2) is 9.71. The third kappa shape index (κ3) is 5.24. The van der Waals surface area contributed by atoms with Gasteiger partial charge in [-0.2, -0.15) is 0 Å². The quantitative estimate of drug-likeness (QED) is 0.242. The Hall–Kier alpha value is -3.65. The summed E-state index contributed by atoms with van der Waals surface area (Å²) in [4.78, 5) is 36.1. The molecule has 1 amide bonds. The molecule has 3 aromatic rings. The molecule has 0 aromatic heterocycles. The summed E-state index contributed by atoms with van der Waals surface area (Å²) in [5, 5.41) is 13.7. The number of methoxy groups -OCH3 is 1. The minimum atomic E-state index is -0.546. The van der Waals surface area contributed by atoms with Crippen LogP contribution >= 0.6 is 11.8 Å². The number of hydrogen-bond acceptors (Lipinski definition) is 6. The Morgan fingerprint density at radius 1 is 1.00 bits per heavy atom. The number of nitro groups is 1. The predicted molar refractivity (Wildman–Crippen MR) is 116 cm³/mol. The Bertz CT molecular complexity index is 1090. The molecule has 3 rings (SSSR count). The largest absolute Gasteiger partial charge is 0.495 e. The number of ether oxygens (including phenoxy) is 1. The van der Waals surface area contributed by atoms with Crippen LogP contribution in [0.3, 0.4) is 0 Å². The summed E-state index contributed by atoms with van der Waals surface area (Å²) >= 11 is 1.33. The third-order valence-electron chi connectivity index (χ3n) is 4.20. The molecule has 0 bridgehead atoms. The second-order valence-corrected chi connectivity index (χ2v) is 7.25. The molecule has 0 saturated heterocycles. The lowest BCUT2D eigenvalue weighted by atomic mass is 10.2. The Balaban J connectivity index is 1.71. The summed E-state index contributed by atoms with van der Waals surface area (Å²) in [5.74, 6) is 0.115. The number of nitro benzene ring substituents is 1. The fourth-order valence-corrected chi connectivity index (χ4v) is 3.53. The van der Waals surface area contributed by atoms with Gasteiger partial charge in [-0.3, -0.25) is 19.7 Å². The summed E-state index contributed by atoms with van der Waals surface area (Å²) in [5.41, 5.74) is 1.04. The molecule has 7 nitrogen and oxygen atoms in total. The molecule has 152 valence electrons. The molecule has 3 aromatic carbocycles. The van der Waals surface area contributed by atoms with E-state index in [0.29, 0.717) is 16.9 Å². The summed E-state index contributed by atoms with van der Waals surface area (Å²) in [6.07, 6.45) is 0. The van der Waals surface area contributed by atoms with Gasteiger partial charge in [-0.25, -0.2) is 0 Å². The van der Waals surface area contributed by atoms with Gasteiger partial charge in [0.25, 0.3) is 11.6 Å². The molecule has 0 unspecified atom stereocenters. The van der Waals surface area contributed by atoms with Crippen LogP contribution in [0.4, 0.5) is 11.4 Å². The molecule has 0 aliphatic rings. The smallest absolute Gasteiger partial charge is 0.271 e. The molecule has 0 radical (unpaired) electrons. The van der Waals surface area contributed by atoms with Crippen molar-refractivity contribution >= 4 is 34.8 Å². The maximum atomic E-state index is 12.7. The summed E-state index contributed by atoms with van der Waals surface area (Å²) < 4.78 is 5.17. The maximum Gasteiger partial charge on any atom is 0.271 e. The molecule has 0 aliphatic carbocycles. The van der Waals surface area contributed by atoms with E-state index >= 15 is 0 Å². The van der Waals surface area contributed by atoms with Crippen LogP contribution in [0.1, 0.15) is 20.7 Å². The highest BCUT2D eigenvalue weighted by molar-refractivity contribution is 8.00. The topological polar surface area (TPSA) is 98.5 Å². The van der Waals surface area contributed by atoms with E-state index in [1.807, 2.05) is 24.3 Å². The monoisotopic (exact) mass is 422 g/mol. The van der Waals surface area contributed by atoms with E-state index in [1.165, 1.54) is 37.1 Å². The van der Waals surface area contributed by atoms with Crippen LogP contribution in [0, 0.1) is 10.1 Å². The van der Waals surface area contributed by atoms with Crippen LogP contribution in [0.2, 0.25) is 0 Å². The molecule has 8 heteroatoms. The van der Waals surface area contributed by atoms with Crippen LogP contribution in [0.5, 0.6) is 5.75 Å². The second-order valence-electron chi connectivity index (χ2n) is 6.20. The van der Waals surface area contributed by atoms with Crippen molar-refractivity contribution in [3.63, 3.8) is 0 Å². The zero-order valence-electron chi connectivity index (χ0n) is 16.0. The number of carbonyl (C=O) groups excluding carboxylic acids is 2. The van der Waals surface area contributed by atoms with E-state index in [0.717, 1.165) is 4.90 Å². The Labute approximate surface area is 177 Å². The first-order chi connectivity index (χ1) is 14.5. The standard InChI is InChI=1S/C22H18N2O5S/c1-29-21-11-10-17(24(27)28)13-19(21)23-22(26)16-8-5-9-18(12-16)30-14-20(25)15-6-3-2-4-7-15/h2-13H,14H2,1H3,(H,23,26). The van der Waals surface area contributed by atoms with Crippen molar-refractivity contribution in [1.29, 1.82) is 0 Å². The van der Waals surface area contributed by atoms with Crippen LogP contribution in [-0.2, 0) is 0 Å². The van der Waals surface area contributed by atoms with E-state index < -0.39 is 10.8 Å². The van der Waals surface area contributed by atoms with Gasteiger partial charge in [-0.15, -0.1) is 11.8 Å². The minimum Gasteiger partial charge on any atom is -0.495 e. The average Bonchev–Trinajstić information content (AvgIpc) is 2.78. The van der Waals surface area contributed by atoms with Crippen LogP contribution < -0.4 is 10.1 Å². The molecule has 0 saturated carbocycles. The lowest BCUT2D eigenvalue weighted by Gasteiger charge is -2.10. The van der Waals surface area contributed by atoms with Crippen molar-refractivity contribution in [3.8, 4) is 5.75 Å². The number of Topliss-reactive ketones (excluding diaryl/α,β-unsaturated/α-hetero) is 1. The Morgan fingerprint density at radius 3 is 2.43 bits per heavy atom. The zero-order valence-corrected chi connectivity index (χ0v) is 16.8. The van der Waals surface area contributed by atoms with Crippen molar-refractivity contribution in [2.45, 2.75) is 4.90 Å². The van der Waals surface area contributed by atoms with Crippen molar-refractivity contribution in [3.05, 3.63) is 94.0 Å². The van der Waals surface area contributed by atoms with Gasteiger partial charge in [-0.1, -0.05) is 36.4 Å². The van der Waals surface area contributed by atoms with Gasteiger partial charge in [0, 0.05) is 28.2 Å². The number of anilines is 1. The molecular formula is C22H18N2O5S. The van der Waals surface area contributed by atoms with Crippen LogP contribution in [-0.4, -0.2) is 29.5 Å². The zero-order chi connectivity index (χ0) is 21.5. The van der Waals surface area contributed by atoms with E-state index in [1.54, 1.807) is 30.3 Å². The van der Waals surface area contributed by atoms with Gasteiger partial charge in [0.2, 0.25) is 0 Å². The third-order valence-corrected chi connectivity index (χ3v) is 5.20. The maximum absolute atomic E-state index is 12.7. The highest BCUT2D eigenvalue weighted by Gasteiger charge is 2.15. The molecule has 1 N–H and O–H groups in total. The Kier molecular flexibility index (Phi) is 6.82. The fraction of sp³-hybridized carbons (Fsp3) is 0.0909. The molecule has 30 heavy (non-hydrogen) atoms. The van der Waals surface area contributed by atoms with Crippen LogP contribution in [0.15, 0.2) is 77.7 Å². The number of nitrogens with zero attached hydrogens (tertiary/aromatic N) is 1. The average molecular weight is 422 g/mol. The number of non-ortho nitro benzene ring substituents is 1. The van der Waals surface area contributed by atoms with Crippen LogP contribution in [0.25, 0.3) is 0 Å². The number of benzene rings is 3. The van der Waals surface area contributed by atoms with Gasteiger partial charge in [-0.05, 0) is 24.3 Å². The van der Waals surface area contributed by atoms with Crippen molar-refractivity contribution in [2.24, 2.45) is 0 Å². The minimum absolute atomic E-state index is 0.00298. The lowest BCUT2D eigenvalue weighted by Crippen LogP contribution is -2.13. The van der Waals surface area contributed by atoms with E-state index in [-0.39, 0.29) is 22.9 Å². The summed E-state index contributed by atoms with van der Waals surface area (Å²) in [6.45, 7) is 0. The first-order valence-corrected chi connectivity index (χ1v) is 9.91. The molecule has 0 fully saturated rings. The predicted octanol–water partition coefficient (Wildman–Crippen LogP) is 4.83. The van der Waals surface area contributed by atoms with Gasteiger partial charge >= 0.3 is 0 Å². The van der Waals surface area contributed by atoms with Gasteiger partial charge < -0.3 is 10.1 Å². The molecule has 0 atom stereocenters. The molecular weight excluding hydrogens is 404 g/mol.